The van der Waals surface area contributed by atoms with Gasteiger partial charge in [-0.3, -0.25) is 0 Å². The molecule has 1 heterocycles. The van der Waals surface area contributed by atoms with Crippen LogP contribution in [-0.4, -0.2) is 4.83 Å². The van der Waals surface area contributed by atoms with Gasteiger partial charge in [0, 0.05) is 16.1 Å². The largest absolute Gasteiger partial charge is 0.461 e. The first-order valence-corrected chi connectivity index (χ1v) is 6.97. The highest BCUT2D eigenvalue weighted by atomic mass is 79.9. The molecule has 3 rings (SSSR count). The molecule has 0 bridgehead atoms. The summed E-state index contributed by atoms with van der Waals surface area (Å²) in [4.78, 5) is 0.589. The number of benzene rings is 1. The summed E-state index contributed by atoms with van der Waals surface area (Å²) in [6.45, 7) is 0. The average molecular weight is 297 g/mol. The van der Waals surface area contributed by atoms with E-state index in [9.17, 15) is 4.39 Å². The second kappa shape index (κ2) is 4.45. The molecule has 17 heavy (non-hydrogen) atoms. The fourth-order valence-corrected chi connectivity index (χ4v) is 3.40. The number of alkyl halides is 1. The molecule has 1 nitrogen and oxygen atoms in total. The maximum absolute atomic E-state index is 13.1. The first-order valence-electron chi connectivity index (χ1n) is 6.05. The molecular formula is C14H14BrFO. The van der Waals surface area contributed by atoms with Crippen LogP contribution in [0, 0.1) is 5.82 Å². The Labute approximate surface area is 108 Å². The van der Waals surface area contributed by atoms with Crippen LogP contribution in [0.3, 0.4) is 0 Å². The minimum absolute atomic E-state index is 0.202. The van der Waals surface area contributed by atoms with E-state index in [2.05, 4.69) is 15.9 Å². The zero-order chi connectivity index (χ0) is 11.8. The molecule has 0 amide bonds. The lowest BCUT2D eigenvalue weighted by atomic mass is 9.87. The maximum atomic E-state index is 13.1. The van der Waals surface area contributed by atoms with Crippen LogP contribution in [-0.2, 0) is 0 Å². The second-order valence-corrected chi connectivity index (χ2v) is 6.09. The Morgan fingerprint density at radius 2 is 2.12 bits per heavy atom. The Bertz CT molecular complexity index is 534. The number of furan rings is 1. The van der Waals surface area contributed by atoms with Crippen molar-refractivity contribution >= 4 is 26.9 Å². The zero-order valence-corrected chi connectivity index (χ0v) is 11.0. The number of hydrogen-bond donors (Lipinski definition) is 0. The Balaban J connectivity index is 1.94. The van der Waals surface area contributed by atoms with Crippen molar-refractivity contribution in [3.05, 3.63) is 35.8 Å². The standard InChI is InChI=1S/C14H14BrFO/c15-11-3-1-2-9(6-11)14-8-10-7-12(16)4-5-13(10)17-14/h4-5,7-9,11H,1-3,6H2. The summed E-state index contributed by atoms with van der Waals surface area (Å²) in [6, 6.07) is 6.69. The number of fused-ring (bicyclic) bond motifs is 1. The van der Waals surface area contributed by atoms with Crippen LogP contribution < -0.4 is 0 Å². The molecule has 3 heteroatoms. The van der Waals surface area contributed by atoms with Gasteiger partial charge in [0.25, 0.3) is 0 Å². The van der Waals surface area contributed by atoms with E-state index in [-0.39, 0.29) is 5.82 Å². The van der Waals surface area contributed by atoms with Gasteiger partial charge in [-0.05, 0) is 43.5 Å². The Morgan fingerprint density at radius 1 is 1.24 bits per heavy atom. The normalized spacial score (nSPS) is 25.3. The van der Waals surface area contributed by atoms with Crippen molar-refractivity contribution in [2.75, 3.05) is 0 Å². The molecule has 1 aromatic heterocycles. The fourth-order valence-electron chi connectivity index (χ4n) is 2.62. The molecule has 1 aliphatic carbocycles. The monoisotopic (exact) mass is 296 g/mol. The van der Waals surface area contributed by atoms with Crippen LogP contribution in [0.25, 0.3) is 11.0 Å². The quantitative estimate of drug-likeness (QED) is 0.676. The molecule has 90 valence electrons. The number of hydrogen-bond acceptors (Lipinski definition) is 1. The molecule has 0 radical (unpaired) electrons. The van der Waals surface area contributed by atoms with Crippen LogP contribution in [0.2, 0.25) is 0 Å². The lowest BCUT2D eigenvalue weighted by molar-refractivity contribution is 0.394. The van der Waals surface area contributed by atoms with Crippen molar-refractivity contribution < 1.29 is 8.81 Å². The van der Waals surface area contributed by atoms with Crippen LogP contribution in [0.15, 0.2) is 28.7 Å². The second-order valence-electron chi connectivity index (χ2n) is 4.79. The van der Waals surface area contributed by atoms with E-state index in [1.54, 1.807) is 6.07 Å². The Morgan fingerprint density at radius 3 is 2.94 bits per heavy atom. The van der Waals surface area contributed by atoms with Crippen LogP contribution in [0.1, 0.15) is 37.4 Å². The molecule has 1 saturated carbocycles. The van der Waals surface area contributed by atoms with E-state index < -0.39 is 0 Å². The lowest BCUT2D eigenvalue weighted by Gasteiger charge is -2.23. The van der Waals surface area contributed by atoms with Gasteiger partial charge in [0.2, 0.25) is 0 Å². The highest BCUT2D eigenvalue weighted by Gasteiger charge is 2.24. The predicted octanol–water partition coefficient (Wildman–Crippen LogP) is 4.99. The third-order valence-corrected chi connectivity index (χ3v) is 4.34. The van der Waals surface area contributed by atoms with Gasteiger partial charge in [-0.1, -0.05) is 22.4 Å². The smallest absolute Gasteiger partial charge is 0.134 e. The fraction of sp³-hybridized carbons (Fsp3) is 0.429. The number of halogens is 2. The summed E-state index contributed by atoms with van der Waals surface area (Å²) < 4.78 is 18.9. The van der Waals surface area contributed by atoms with Crippen molar-refractivity contribution in [3.8, 4) is 0 Å². The first-order chi connectivity index (χ1) is 8.22. The number of rotatable bonds is 1. The molecule has 0 aliphatic heterocycles. The van der Waals surface area contributed by atoms with Gasteiger partial charge in [-0.15, -0.1) is 0 Å². The van der Waals surface area contributed by atoms with E-state index in [4.69, 9.17) is 4.42 Å². The summed E-state index contributed by atoms with van der Waals surface area (Å²) in [7, 11) is 0. The van der Waals surface area contributed by atoms with Crippen molar-refractivity contribution in [2.24, 2.45) is 0 Å². The van der Waals surface area contributed by atoms with E-state index in [1.165, 1.54) is 31.4 Å². The van der Waals surface area contributed by atoms with E-state index in [0.29, 0.717) is 10.7 Å². The topological polar surface area (TPSA) is 13.1 Å². The van der Waals surface area contributed by atoms with Crippen LogP contribution in [0.5, 0.6) is 0 Å². The van der Waals surface area contributed by atoms with Gasteiger partial charge in [0.1, 0.15) is 17.2 Å². The zero-order valence-electron chi connectivity index (χ0n) is 9.46. The van der Waals surface area contributed by atoms with Crippen molar-refractivity contribution in [2.45, 2.75) is 36.4 Å². The molecule has 0 N–H and O–H groups in total. The van der Waals surface area contributed by atoms with Crippen LogP contribution in [0.4, 0.5) is 4.39 Å². The van der Waals surface area contributed by atoms with Gasteiger partial charge in [0.15, 0.2) is 0 Å². The maximum Gasteiger partial charge on any atom is 0.134 e. The molecule has 2 atom stereocenters. The van der Waals surface area contributed by atoms with Crippen LogP contribution >= 0.6 is 15.9 Å². The third-order valence-electron chi connectivity index (χ3n) is 3.51. The minimum atomic E-state index is -0.202. The summed E-state index contributed by atoms with van der Waals surface area (Å²) in [6.07, 6.45) is 4.75. The van der Waals surface area contributed by atoms with Gasteiger partial charge in [-0.2, -0.15) is 0 Å². The van der Waals surface area contributed by atoms with Crippen molar-refractivity contribution in [1.82, 2.24) is 0 Å². The molecule has 1 aliphatic rings. The lowest BCUT2D eigenvalue weighted by Crippen LogP contribution is -2.12. The average Bonchev–Trinajstić information content (AvgIpc) is 2.72. The van der Waals surface area contributed by atoms with Gasteiger partial charge in [0.05, 0.1) is 0 Å². The van der Waals surface area contributed by atoms with Gasteiger partial charge >= 0.3 is 0 Å². The summed E-state index contributed by atoms with van der Waals surface area (Å²) >= 11 is 3.68. The minimum Gasteiger partial charge on any atom is -0.461 e. The molecule has 1 fully saturated rings. The molecule has 1 aromatic carbocycles. The van der Waals surface area contributed by atoms with E-state index in [1.807, 2.05) is 6.07 Å². The molecule has 2 unspecified atom stereocenters. The van der Waals surface area contributed by atoms with Gasteiger partial charge < -0.3 is 4.42 Å². The summed E-state index contributed by atoms with van der Waals surface area (Å²) in [5.74, 6) is 1.28. The van der Waals surface area contributed by atoms with E-state index in [0.717, 1.165) is 23.2 Å². The SMILES string of the molecule is Fc1ccc2oc(C3CCCC(Br)C3)cc2c1. The molecular weight excluding hydrogens is 283 g/mol. The molecule has 0 spiro atoms. The Kier molecular flexibility index (Phi) is 2.95. The Hall–Kier alpha value is -0.830. The molecule has 2 aromatic rings. The third kappa shape index (κ3) is 2.25. The van der Waals surface area contributed by atoms with Crippen molar-refractivity contribution in [3.63, 3.8) is 0 Å². The van der Waals surface area contributed by atoms with Crippen molar-refractivity contribution in [1.29, 1.82) is 0 Å². The highest BCUT2D eigenvalue weighted by Crippen LogP contribution is 2.38. The molecule has 0 saturated heterocycles. The van der Waals surface area contributed by atoms with E-state index >= 15 is 0 Å². The summed E-state index contributed by atoms with van der Waals surface area (Å²) in [5.41, 5.74) is 0.790. The first kappa shape index (κ1) is 11.3. The van der Waals surface area contributed by atoms with Gasteiger partial charge in [-0.25, -0.2) is 4.39 Å². The highest BCUT2D eigenvalue weighted by molar-refractivity contribution is 9.09. The predicted molar refractivity (Wildman–Crippen MR) is 70.1 cm³/mol. The summed E-state index contributed by atoms with van der Waals surface area (Å²) in [5, 5.41) is 0.872.